The van der Waals surface area contributed by atoms with Gasteiger partial charge in [0, 0.05) is 28.2 Å². The van der Waals surface area contributed by atoms with Crippen molar-refractivity contribution in [1.82, 2.24) is 4.98 Å². The summed E-state index contributed by atoms with van der Waals surface area (Å²) < 4.78 is 0. The highest BCUT2D eigenvalue weighted by Gasteiger charge is 2.20. The van der Waals surface area contributed by atoms with Crippen LogP contribution in [0.3, 0.4) is 0 Å². The summed E-state index contributed by atoms with van der Waals surface area (Å²) in [6.07, 6.45) is 0. The van der Waals surface area contributed by atoms with Crippen LogP contribution in [0.1, 0.15) is 21.5 Å². The standard InChI is InChI=1S/C24H20N2O2/c1-17-9-5-8-14-22(17)26(24(28)18-10-3-2-4-11-18)16-19-15-23(27)25-21-13-7-6-12-20(19)21/h2-15H,16H2,1H3,(H,25,27). The quantitative estimate of drug-likeness (QED) is 0.568. The van der Waals surface area contributed by atoms with E-state index in [1.165, 1.54) is 0 Å². The molecule has 0 unspecified atom stereocenters. The maximum atomic E-state index is 13.4. The van der Waals surface area contributed by atoms with Gasteiger partial charge in [0.05, 0.1) is 6.54 Å². The number of benzene rings is 3. The zero-order valence-corrected chi connectivity index (χ0v) is 15.6. The van der Waals surface area contributed by atoms with Crippen LogP contribution in [0.5, 0.6) is 0 Å². The molecule has 0 aliphatic heterocycles. The van der Waals surface area contributed by atoms with E-state index < -0.39 is 0 Å². The number of carbonyl (C=O) groups excluding carboxylic acids is 1. The molecule has 28 heavy (non-hydrogen) atoms. The number of fused-ring (bicyclic) bond motifs is 1. The number of amides is 1. The highest BCUT2D eigenvalue weighted by Crippen LogP contribution is 2.26. The highest BCUT2D eigenvalue weighted by molar-refractivity contribution is 6.06. The zero-order chi connectivity index (χ0) is 19.5. The number of anilines is 1. The molecular formula is C24H20N2O2. The number of aromatic amines is 1. The minimum Gasteiger partial charge on any atom is -0.322 e. The third kappa shape index (κ3) is 3.45. The van der Waals surface area contributed by atoms with Crippen molar-refractivity contribution in [2.45, 2.75) is 13.5 Å². The summed E-state index contributed by atoms with van der Waals surface area (Å²) in [6, 6.07) is 26.2. The lowest BCUT2D eigenvalue weighted by Crippen LogP contribution is -2.31. The first-order valence-electron chi connectivity index (χ1n) is 9.17. The summed E-state index contributed by atoms with van der Waals surface area (Å²) in [5.74, 6) is -0.0979. The van der Waals surface area contributed by atoms with Gasteiger partial charge in [-0.05, 0) is 42.3 Å². The van der Waals surface area contributed by atoms with Crippen molar-refractivity contribution in [3.63, 3.8) is 0 Å². The van der Waals surface area contributed by atoms with E-state index in [1.54, 1.807) is 11.0 Å². The molecule has 1 N–H and O–H groups in total. The van der Waals surface area contributed by atoms with Crippen LogP contribution in [0.15, 0.2) is 89.7 Å². The monoisotopic (exact) mass is 368 g/mol. The second kappa shape index (κ2) is 7.53. The van der Waals surface area contributed by atoms with E-state index in [0.717, 1.165) is 27.7 Å². The number of nitrogens with zero attached hydrogens (tertiary/aromatic N) is 1. The van der Waals surface area contributed by atoms with Crippen molar-refractivity contribution in [2.75, 3.05) is 4.90 Å². The highest BCUT2D eigenvalue weighted by atomic mass is 16.2. The van der Waals surface area contributed by atoms with Gasteiger partial charge >= 0.3 is 0 Å². The fourth-order valence-electron chi connectivity index (χ4n) is 3.45. The van der Waals surface area contributed by atoms with Crippen molar-refractivity contribution in [3.05, 3.63) is 112 Å². The van der Waals surface area contributed by atoms with E-state index in [0.29, 0.717) is 12.1 Å². The van der Waals surface area contributed by atoms with E-state index in [1.807, 2.05) is 85.8 Å². The van der Waals surface area contributed by atoms with Gasteiger partial charge < -0.3 is 9.88 Å². The Hall–Kier alpha value is -3.66. The minimum atomic E-state index is -0.175. The fourth-order valence-corrected chi connectivity index (χ4v) is 3.45. The number of aromatic nitrogens is 1. The van der Waals surface area contributed by atoms with Gasteiger partial charge in [-0.2, -0.15) is 0 Å². The largest absolute Gasteiger partial charge is 0.322 e. The van der Waals surface area contributed by atoms with E-state index in [4.69, 9.17) is 0 Å². The summed E-state index contributed by atoms with van der Waals surface area (Å²) in [5.41, 5.74) is 3.85. The minimum absolute atomic E-state index is 0.0979. The van der Waals surface area contributed by atoms with Gasteiger partial charge in [-0.15, -0.1) is 0 Å². The maximum absolute atomic E-state index is 13.4. The van der Waals surface area contributed by atoms with Crippen LogP contribution in [-0.4, -0.2) is 10.9 Å². The zero-order valence-electron chi connectivity index (χ0n) is 15.6. The average Bonchev–Trinajstić information content (AvgIpc) is 2.72. The molecule has 1 aromatic heterocycles. The summed E-state index contributed by atoms with van der Waals surface area (Å²) in [5, 5.41) is 0.932. The van der Waals surface area contributed by atoms with Crippen LogP contribution in [0.4, 0.5) is 5.69 Å². The molecule has 0 radical (unpaired) electrons. The van der Waals surface area contributed by atoms with Gasteiger partial charge in [-0.3, -0.25) is 9.59 Å². The number of aryl methyl sites for hydroxylation is 1. The first-order chi connectivity index (χ1) is 13.6. The molecule has 1 heterocycles. The Morgan fingerprint density at radius 1 is 0.893 bits per heavy atom. The fraction of sp³-hybridized carbons (Fsp3) is 0.0833. The molecule has 4 nitrogen and oxygen atoms in total. The van der Waals surface area contributed by atoms with E-state index >= 15 is 0 Å². The van der Waals surface area contributed by atoms with Crippen molar-refractivity contribution >= 4 is 22.5 Å². The van der Waals surface area contributed by atoms with Gasteiger partial charge in [-0.1, -0.05) is 54.6 Å². The Morgan fingerprint density at radius 2 is 1.57 bits per heavy atom. The molecular weight excluding hydrogens is 348 g/mol. The van der Waals surface area contributed by atoms with Crippen LogP contribution in [0.25, 0.3) is 10.9 Å². The summed E-state index contributed by atoms with van der Waals surface area (Å²) in [6.45, 7) is 2.29. The van der Waals surface area contributed by atoms with Gasteiger partial charge in [-0.25, -0.2) is 0 Å². The Bertz CT molecular complexity index is 1200. The van der Waals surface area contributed by atoms with E-state index in [9.17, 15) is 9.59 Å². The summed E-state index contributed by atoms with van der Waals surface area (Å²) in [4.78, 5) is 30.1. The Kier molecular flexibility index (Phi) is 4.77. The number of carbonyl (C=O) groups is 1. The first-order valence-corrected chi connectivity index (χ1v) is 9.17. The third-order valence-corrected chi connectivity index (χ3v) is 4.84. The molecule has 0 atom stereocenters. The molecule has 0 bridgehead atoms. The molecule has 0 spiro atoms. The number of H-pyrrole nitrogens is 1. The van der Waals surface area contributed by atoms with Crippen molar-refractivity contribution in [3.8, 4) is 0 Å². The lowest BCUT2D eigenvalue weighted by molar-refractivity contribution is 0.0985. The number of hydrogen-bond acceptors (Lipinski definition) is 2. The Morgan fingerprint density at radius 3 is 2.36 bits per heavy atom. The van der Waals surface area contributed by atoms with Gasteiger partial charge in [0.15, 0.2) is 0 Å². The molecule has 138 valence electrons. The average molecular weight is 368 g/mol. The number of nitrogens with one attached hydrogen (secondary N) is 1. The third-order valence-electron chi connectivity index (χ3n) is 4.84. The van der Waals surface area contributed by atoms with Gasteiger partial charge in [0.1, 0.15) is 0 Å². The molecule has 0 aliphatic carbocycles. The molecule has 0 aliphatic rings. The molecule has 3 aromatic carbocycles. The number of para-hydroxylation sites is 2. The summed E-state index contributed by atoms with van der Waals surface area (Å²) >= 11 is 0. The smallest absolute Gasteiger partial charge is 0.258 e. The van der Waals surface area contributed by atoms with Gasteiger partial charge in [0.2, 0.25) is 5.56 Å². The SMILES string of the molecule is Cc1ccccc1N(Cc1cc(=O)[nH]c2ccccc12)C(=O)c1ccccc1. The predicted octanol–water partition coefficient (Wildman–Crippen LogP) is 4.68. The first kappa shape index (κ1) is 17.7. The van der Waals surface area contributed by atoms with Crippen LogP contribution < -0.4 is 10.5 Å². The normalized spacial score (nSPS) is 10.8. The Labute approximate surface area is 163 Å². The molecule has 0 saturated carbocycles. The van der Waals surface area contributed by atoms with Crippen LogP contribution >= 0.6 is 0 Å². The van der Waals surface area contributed by atoms with Crippen molar-refractivity contribution in [1.29, 1.82) is 0 Å². The number of hydrogen-bond donors (Lipinski definition) is 1. The van der Waals surface area contributed by atoms with Crippen molar-refractivity contribution in [2.24, 2.45) is 0 Å². The summed E-state index contributed by atoms with van der Waals surface area (Å²) in [7, 11) is 0. The molecule has 0 fully saturated rings. The van der Waals surface area contributed by atoms with Crippen molar-refractivity contribution < 1.29 is 4.79 Å². The second-order valence-electron chi connectivity index (χ2n) is 6.75. The number of pyridine rings is 1. The molecule has 4 heteroatoms. The van der Waals surface area contributed by atoms with Gasteiger partial charge in [0.25, 0.3) is 5.91 Å². The lowest BCUT2D eigenvalue weighted by Gasteiger charge is -2.25. The van der Waals surface area contributed by atoms with E-state index in [2.05, 4.69) is 4.98 Å². The molecule has 4 rings (SSSR count). The molecule has 1 amide bonds. The van der Waals surface area contributed by atoms with Crippen LogP contribution in [0, 0.1) is 6.92 Å². The van der Waals surface area contributed by atoms with Crippen LogP contribution in [-0.2, 0) is 6.54 Å². The molecule has 0 saturated heterocycles. The second-order valence-corrected chi connectivity index (χ2v) is 6.75. The van der Waals surface area contributed by atoms with Crippen LogP contribution in [0.2, 0.25) is 0 Å². The maximum Gasteiger partial charge on any atom is 0.258 e. The van der Waals surface area contributed by atoms with E-state index in [-0.39, 0.29) is 11.5 Å². The Balaban J connectivity index is 1.85. The predicted molar refractivity (Wildman–Crippen MR) is 113 cm³/mol. The number of rotatable bonds is 4. The topological polar surface area (TPSA) is 53.2 Å². The lowest BCUT2D eigenvalue weighted by atomic mass is 10.1. The molecule has 4 aromatic rings.